The normalized spacial score (nSPS) is 12.4. The van der Waals surface area contributed by atoms with E-state index >= 15 is 0 Å². The van der Waals surface area contributed by atoms with E-state index in [2.05, 4.69) is 6.92 Å². The molecule has 0 saturated carbocycles. The molecule has 0 radical (unpaired) electrons. The fourth-order valence-electron chi connectivity index (χ4n) is 0.413. The Balaban J connectivity index is 0. The average Bonchev–Trinajstić information content (AvgIpc) is 1.61. The van der Waals surface area contributed by atoms with E-state index < -0.39 is 6.23 Å². The maximum atomic E-state index is 8.46. The van der Waals surface area contributed by atoms with Crippen molar-refractivity contribution in [3.8, 4) is 0 Å². The molecule has 3 heteroatoms. The Morgan fingerprint density at radius 1 is 1.62 bits per heavy atom. The molecule has 1 unspecified atom stereocenters. The van der Waals surface area contributed by atoms with Gasteiger partial charge in [-0.25, -0.2) is 0 Å². The minimum absolute atomic E-state index is 0. The van der Waals surface area contributed by atoms with Gasteiger partial charge in [-0.3, -0.25) is 0 Å². The van der Waals surface area contributed by atoms with Gasteiger partial charge in [-0.2, -0.15) is 0 Å². The number of hydrogen-bond donors (Lipinski definition) is 2. The predicted molar refractivity (Wildman–Crippen MR) is 37.0 cm³/mol. The third kappa shape index (κ3) is 9.51. The Morgan fingerprint density at radius 3 is 2.25 bits per heavy atom. The zero-order valence-corrected chi connectivity index (χ0v) is 5.95. The van der Waals surface area contributed by atoms with Gasteiger partial charge in [0.25, 0.3) is 0 Å². The Bertz CT molecular complexity index is 41.4. The van der Waals surface area contributed by atoms with E-state index in [9.17, 15) is 0 Å². The summed E-state index contributed by atoms with van der Waals surface area (Å²) in [5.74, 6) is 0. The molecule has 0 aliphatic heterocycles. The van der Waals surface area contributed by atoms with Gasteiger partial charge in [0, 0.05) is 0 Å². The molecule has 0 spiro atoms. The lowest BCUT2D eigenvalue weighted by atomic mass is 10.2. The average molecular weight is 140 g/mol. The molecule has 0 fully saturated rings. The molecule has 0 aliphatic rings. The van der Waals surface area contributed by atoms with Crippen LogP contribution in [0.2, 0.25) is 0 Å². The van der Waals surface area contributed by atoms with Crippen LogP contribution in [-0.4, -0.2) is 11.3 Å². The highest BCUT2D eigenvalue weighted by Crippen LogP contribution is 1.93. The number of aliphatic hydroxyl groups excluding tert-OH is 1. The number of rotatable bonds is 3. The highest BCUT2D eigenvalue weighted by Gasteiger charge is 1.90. The number of unbranched alkanes of at least 4 members (excludes halogenated alkanes) is 1. The molecule has 52 valence electrons. The Hall–Kier alpha value is 0.210. The van der Waals surface area contributed by atoms with Gasteiger partial charge in [-0.15, -0.1) is 12.4 Å². The van der Waals surface area contributed by atoms with E-state index in [1.165, 1.54) is 0 Å². The van der Waals surface area contributed by atoms with Crippen molar-refractivity contribution < 1.29 is 5.11 Å². The topological polar surface area (TPSA) is 46.2 Å². The van der Waals surface area contributed by atoms with Crippen molar-refractivity contribution in [2.45, 2.75) is 32.4 Å². The fourth-order valence-corrected chi connectivity index (χ4v) is 0.413. The SMILES string of the molecule is CCCCC(N)O.Cl. The van der Waals surface area contributed by atoms with Crippen LogP contribution in [0.1, 0.15) is 26.2 Å². The summed E-state index contributed by atoms with van der Waals surface area (Å²) in [5.41, 5.74) is 5.03. The molecular formula is C5H14ClNO. The minimum Gasteiger partial charge on any atom is -0.379 e. The zero-order valence-electron chi connectivity index (χ0n) is 5.13. The maximum absolute atomic E-state index is 8.46. The molecule has 0 aromatic carbocycles. The van der Waals surface area contributed by atoms with E-state index in [0.29, 0.717) is 0 Å². The second-order valence-electron chi connectivity index (χ2n) is 1.71. The standard InChI is InChI=1S/C5H13NO.ClH/c1-2-3-4-5(6)7;/h5,7H,2-4,6H2,1H3;1H. The van der Waals surface area contributed by atoms with Gasteiger partial charge in [0.1, 0.15) is 6.23 Å². The molecule has 0 saturated heterocycles. The van der Waals surface area contributed by atoms with E-state index in [0.717, 1.165) is 19.3 Å². The number of halogens is 1. The van der Waals surface area contributed by atoms with Crippen LogP contribution in [0, 0.1) is 0 Å². The molecule has 0 aromatic rings. The Labute approximate surface area is 56.5 Å². The minimum atomic E-state index is -0.597. The largest absolute Gasteiger partial charge is 0.379 e. The highest BCUT2D eigenvalue weighted by atomic mass is 35.5. The third-order valence-electron chi connectivity index (χ3n) is 0.853. The first-order chi connectivity index (χ1) is 3.27. The Morgan fingerprint density at radius 2 is 2.12 bits per heavy atom. The molecule has 0 heterocycles. The summed E-state index contributed by atoms with van der Waals surface area (Å²) >= 11 is 0. The van der Waals surface area contributed by atoms with Gasteiger partial charge >= 0.3 is 0 Å². The summed E-state index contributed by atoms with van der Waals surface area (Å²) in [6, 6.07) is 0. The van der Waals surface area contributed by atoms with Crippen molar-refractivity contribution in [1.29, 1.82) is 0 Å². The van der Waals surface area contributed by atoms with Crippen LogP contribution in [0.25, 0.3) is 0 Å². The number of aliphatic hydroxyl groups is 1. The van der Waals surface area contributed by atoms with E-state index in [-0.39, 0.29) is 12.4 Å². The quantitative estimate of drug-likeness (QED) is 0.571. The lowest BCUT2D eigenvalue weighted by molar-refractivity contribution is 0.169. The van der Waals surface area contributed by atoms with Crippen molar-refractivity contribution in [2.24, 2.45) is 5.73 Å². The van der Waals surface area contributed by atoms with Crippen molar-refractivity contribution in [3.05, 3.63) is 0 Å². The van der Waals surface area contributed by atoms with Crippen molar-refractivity contribution in [3.63, 3.8) is 0 Å². The summed E-state index contributed by atoms with van der Waals surface area (Å²) in [6.07, 6.45) is 2.27. The predicted octanol–water partition coefficient (Wildman–Crippen LogP) is 0.875. The molecule has 0 rings (SSSR count). The van der Waals surface area contributed by atoms with Crippen LogP contribution in [0.3, 0.4) is 0 Å². The van der Waals surface area contributed by atoms with Crippen LogP contribution < -0.4 is 5.73 Å². The molecule has 0 amide bonds. The van der Waals surface area contributed by atoms with E-state index in [1.807, 2.05) is 0 Å². The van der Waals surface area contributed by atoms with Gasteiger partial charge < -0.3 is 10.8 Å². The first-order valence-electron chi connectivity index (χ1n) is 2.71. The summed E-state index contributed by atoms with van der Waals surface area (Å²) < 4.78 is 0. The highest BCUT2D eigenvalue weighted by molar-refractivity contribution is 5.85. The second kappa shape index (κ2) is 7.21. The van der Waals surface area contributed by atoms with Gasteiger partial charge in [0.15, 0.2) is 0 Å². The van der Waals surface area contributed by atoms with E-state index in [4.69, 9.17) is 10.8 Å². The molecule has 8 heavy (non-hydrogen) atoms. The lowest BCUT2D eigenvalue weighted by Crippen LogP contribution is -2.17. The molecule has 2 nitrogen and oxygen atoms in total. The monoisotopic (exact) mass is 139 g/mol. The van der Waals surface area contributed by atoms with E-state index in [1.54, 1.807) is 0 Å². The van der Waals surface area contributed by atoms with Crippen molar-refractivity contribution >= 4 is 12.4 Å². The van der Waals surface area contributed by atoms with Crippen molar-refractivity contribution in [1.82, 2.24) is 0 Å². The smallest absolute Gasteiger partial charge is 0.102 e. The van der Waals surface area contributed by atoms with Crippen molar-refractivity contribution in [2.75, 3.05) is 0 Å². The van der Waals surface area contributed by atoms with Crippen LogP contribution in [-0.2, 0) is 0 Å². The third-order valence-corrected chi connectivity index (χ3v) is 0.853. The fraction of sp³-hybridized carbons (Fsp3) is 1.00. The maximum Gasteiger partial charge on any atom is 0.102 e. The number of nitrogens with two attached hydrogens (primary N) is 1. The van der Waals surface area contributed by atoms with Crippen LogP contribution in [0.15, 0.2) is 0 Å². The molecule has 0 aromatic heterocycles. The molecule has 0 aliphatic carbocycles. The summed E-state index contributed by atoms with van der Waals surface area (Å²) in [4.78, 5) is 0. The second-order valence-corrected chi connectivity index (χ2v) is 1.71. The van der Waals surface area contributed by atoms with Gasteiger partial charge in [-0.05, 0) is 12.8 Å². The zero-order chi connectivity index (χ0) is 5.70. The number of hydrogen-bond acceptors (Lipinski definition) is 2. The van der Waals surface area contributed by atoms with Crippen LogP contribution >= 0.6 is 12.4 Å². The van der Waals surface area contributed by atoms with Crippen LogP contribution in [0.5, 0.6) is 0 Å². The van der Waals surface area contributed by atoms with Crippen LogP contribution in [0.4, 0.5) is 0 Å². The van der Waals surface area contributed by atoms with Gasteiger partial charge in [0.05, 0.1) is 0 Å². The molecule has 3 N–H and O–H groups in total. The molecule has 1 atom stereocenters. The van der Waals surface area contributed by atoms with Gasteiger partial charge in [-0.1, -0.05) is 13.3 Å². The summed E-state index contributed by atoms with van der Waals surface area (Å²) in [6.45, 7) is 2.07. The Kier molecular flexibility index (Phi) is 9.97. The molecule has 0 bridgehead atoms. The summed E-state index contributed by atoms with van der Waals surface area (Å²) in [5, 5.41) is 8.46. The lowest BCUT2D eigenvalue weighted by Gasteiger charge is -1.98. The van der Waals surface area contributed by atoms with Gasteiger partial charge in [0.2, 0.25) is 0 Å². The first kappa shape index (κ1) is 11.1. The molecular weight excluding hydrogens is 126 g/mol. The first-order valence-corrected chi connectivity index (χ1v) is 2.71. The summed E-state index contributed by atoms with van der Waals surface area (Å²) in [7, 11) is 0.